The highest BCUT2D eigenvalue weighted by Gasteiger charge is 2.16. The molecule has 1 aromatic carbocycles. The quantitative estimate of drug-likeness (QED) is 0.801. The van der Waals surface area contributed by atoms with E-state index >= 15 is 0 Å². The predicted molar refractivity (Wildman–Crippen MR) is 62.8 cm³/mol. The van der Waals surface area contributed by atoms with E-state index in [2.05, 4.69) is 15.9 Å². The number of ketones is 1. The fraction of sp³-hybridized carbons (Fsp3) is 0.300. The molecule has 0 bridgehead atoms. The normalized spacial score (nSPS) is 11.4. The van der Waals surface area contributed by atoms with Gasteiger partial charge in [-0.3, -0.25) is 4.79 Å². The van der Waals surface area contributed by atoms with Crippen LogP contribution in [0, 0.1) is 5.82 Å². The number of rotatable bonds is 4. The molecule has 0 saturated carbocycles. The van der Waals surface area contributed by atoms with Crippen molar-refractivity contribution in [2.45, 2.75) is 6.42 Å². The van der Waals surface area contributed by atoms with Crippen LogP contribution in [0.4, 0.5) is 4.39 Å². The molecule has 0 aliphatic carbocycles. The van der Waals surface area contributed by atoms with Gasteiger partial charge >= 0.3 is 0 Å². The Morgan fingerprint density at radius 1 is 1.44 bits per heavy atom. The number of hydrogen-bond donors (Lipinski definition) is 0. The summed E-state index contributed by atoms with van der Waals surface area (Å²) in [6.45, 7) is 0. The third-order valence-corrected chi connectivity index (χ3v) is 3.55. The summed E-state index contributed by atoms with van der Waals surface area (Å²) >= 11 is 3.06. The minimum atomic E-state index is -3.21. The number of Topliss-reactive ketones (excluding diaryl/α,β-unsaturated/α-hetero) is 1. The largest absolute Gasteiger partial charge is 0.294 e. The van der Waals surface area contributed by atoms with Crippen molar-refractivity contribution in [3.63, 3.8) is 0 Å². The van der Waals surface area contributed by atoms with Gasteiger partial charge in [0.2, 0.25) is 0 Å². The van der Waals surface area contributed by atoms with E-state index in [4.69, 9.17) is 0 Å². The van der Waals surface area contributed by atoms with E-state index < -0.39 is 21.4 Å². The van der Waals surface area contributed by atoms with E-state index in [1.165, 1.54) is 18.2 Å². The van der Waals surface area contributed by atoms with Crippen LogP contribution >= 0.6 is 15.9 Å². The van der Waals surface area contributed by atoms with E-state index in [0.29, 0.717) is 4.47 Å². The Bertz CT molecular complexity index is 491. The van der Waals surface area contributed by atoms with Gasteiger partial charge in [0, 0.05) is 17.1 Å². The van der Waals surface area contributed by atoms with E-state index in [1.54, 1.807) is 0 Å². The van der Waals surface area contributed by atoms with E-state index in [-0.39, 0.29) is 17.7 Å². The van der Waals surface area contributed by atoms with Crippen LogP contribution in [0.1, 0.15) is 16.8 Å². The van der Waals surface area contributed by atoms with Crippen LogP contribution in [0.2, 0.25) is 0 Å². The van der Waals surface area contributed by atoms with E-state index in [1.807, 2.05) is 0 Å². The van der Waals surface area contributed by atoms with Crippen molar-refractivity contribution in [2.24, 2.45) is 0 Å². The van der Waals surface area contributed by atoms with Crippen molar-refractivity contribution >= 4 is 31.6 Å². The highest BCUT2D eigenvalue weighted by molar-refractivity contribution is 9.10. The molecule has 6 heteroatoms. The summed E-state index contributed by atoms with van der Waals surface area (Å²) < 4.78 is 35.4. The maximum absolute atomic E-state index is 13.3. The average Bonchev–Trinajstić information content (AvgIpc) is 2.13. The third kappa shape index (κ3) is 3.68. The first-order valence-electron chi connectivity index (χ1n) is 4.46. The highest BCUT2D eigenvalue weighted by atomic mass is 79.9. The zero-order valence-corrected chi connectivity index (χ0v) is 10.9. The first kappa shape index (κ1) is 13.3. The number of sulfone groups is 1. The molecule has 0 amide bonds. The molecule has 0 atom stereocenters. The lowest BCUT2D eigenvalue weighted by atomic mass is 10.1. The second kappa shape index (κ2) is 5.05. The summed E-state index contributed by atoms with van der Waals surface area (Å²) in [4.78, 5) is 11.6. The van der Waals surface area contributed by atoms with Crippen molar-refractivity contribution in [1.29, 1.82) is 0 Å². The SMILES string of the molecule is CS(=O)(=O)CCC(=O)c1c(F)cccc1Br. The second-order valence-corrected chi connectivity index (χ2v) is 6.51. The molecule has 88 valence electrons. The van der Waals surface area contributed by atoms with Gasteiger partial charge in [-0.25, -0.2) is 12.8 Å². The molecular weight excluding hydrogens is 299 g/mol. The van der Waals surface area contributed by atoms with Crippen LogP contribution in [0.5, 0.6) is 0 Å². The van der Waals surface area contributed by atoms with Crippen LogP contribution in [0.25, 0.3) is 0 Å². The van der Waals surface area contributed by atoms with Gasteiger partial charge in [0.1, 0.15) is 15.7 Å². The van der Waals surface area contributed by atoms with Crippen LogP contribution in [0.3, 0.4) is 0 Å². The zero-order chi connectivity index (χ0) is 12.3. The molecule has 0 spiro atoms. The first-order chi connectivity index (χ1) is 7.31. The summed E-state index contributed by atoms with van der Waals surface area (Å²) in [5.74, 6) is -1.43. The summed E-state index contributed by atoms with van der Waals surface area (Å²) in [5.41, 5.74) is -0.0915. The molecule has 3 nitrogen and oxygen atoms in total. The van der Waals surface area contributed by atoms with Gasteiger partial charge in [0.05, 0.1) is 11.3 Å². The molecule has 16 heavy (non-hydrogen) atoms. The lowest BCUT2D eigenvalue weighted by molar-refractivity contribution is 0.0984. The van der Waals surface area contributed by atoms with E-state index in [9.17, 15) is 17.6 Å². The van der Waals surface area contributed by atoms with Crippen LogP contribution in [-0.2, 0) is 9.84 Å². The van der Waals surface area contributed by atoms with Gasteiger partial charge in [-0.05, 0) is 28.1 Å². The minimum absolute atomic E-state index is 0.0915. The summed E-state index contributed by atoms with van der Waals surface area (Å²) in [6, 6.07) is 4.17. The highest BCUT2D eigenvalue weighted by Crippen LogP contribution is 2.21. The molecule has 0 aliphatic rings. The Kier molecular flexibility index (Phi) is 4.21. The van der Waals surface area contributed by atoms with Gasteiger partial charge in [-0.2, -0.15) is 0 Å². The standard InChI is InChI=1S/C10H10BrFO3S/c1-16(14,15)6-5-9(13)10-7(11)3-2-4-8(10)12/h2-4H,5-6H2,1H3. The molecule has 0 fully saturated rings. The topological polar surface area (TPSA) is 51.2 Å². The first-order valence-corrected chi connectivity index (χ1v) is 7.31. The zero-order valence-electron chi connectivity index (χ0n) is 8.54. The number of benzene rings is 1. The molecule has 0 unspecified atom stereocenters. The third-order valence-electron chi connectivity index (χ3n) is 1.94. The Hall–Kier alpha value is -0.750. The van der Waals surface area contributed by atoms with Gasteiger partial charge < -0.3 is 0 Å². The monoisotopic (exact) mass is 308 g/mol. The molecule has 0 aromatic heterocycles. The van der Waals surface area contributed by atoms with Crippen molar-refractivity contribution in [3.8, 4) is 0 Å². The molecule has 0 aliphatic heterocycles. The number of hydrogen-bond acceptors (Lipinski definition) is 3. The molecule has 0 saturated heterocycles. The Labute approximate surface area is 102 Å². The molecule has 1 aromatic rings. The van der Waals surface area contributed by atoms with Crippen molar-refractivity contribution in [3.05, 3.63) is 34.1 Å². The Morgan fingerprint density at radius 2 is 2.06 bits per heavy atom. The second-order valence-electron chi connectivity index (χ2n) is 3.40. The summed E-state index contributed by atoms with van der Waals surface area (Å²) in [7, 11) is -3.21. The molecule has 1 rings (SSSR count). The van der Waals surface area contributed by atoms with Crippen molar-refractivity contribution < 1.29 is 17.6 Å². The smallest absolute Gasteiger partial charge is 0.167 e. The van der Waals surface area contributed by atoms with Gasteiger partial charge in [-0.15, -0.1) is 0 Å². The Morgan fingerprint density at radius 3 is 2.56 bits per heavy atom. The molecular formula is C10H10BrFO3S. The van der Waals surface area contributed by atoms with Gasteiger partial charge in [-0.1, -0.05) is 6.07 Å². The maximum atomic E-state index is 13.3. The number of carbonyl (C=O) groups is 1. The predicted octanol–water partition coefficient (Wildman–Crippen LogP) is 2.21. The molecule has 0 N–H and O–H groups in total. The molecule has 0 radical (unpaired) electrons. The maximum Gasteiger partial charge on any atom is 0.167 e. The Balaban J connectivity index is 2.90. The average molecular weight is 309 g/mol. The van der Waals surface area contributed by atoms with Crippen molar-refractivity contribution in [1.82, 2.24) is 0 Å². The van der Waals surface area contributed by atoms with Crippen LogP contribution in [-0.4, -0.2) is 26.2 Å². The summed E-state index contributed by atoms with van der Waals surface area (Å²) in [5, 5.41) is 0. The summed E-state index contributed by atoms with van der Waals surface area (Å²) in [6.07, 6.45) is 0.828. The number of carbonyl (C=O) groups excluding carboxylic acids is 1. The fourth-order valence-electron chi connectivity index (χ4n) is 1.17. The minimum Gasteiger partial charge on any atom is -0.294 e. The van der Waals surface area contributed by atoms with Gasteiger partial charge in [0.25, 0.3) is 0 Å². The van der Waals surface area contributed by atoms with E-state index in [0.717, 1.165) is 6.26 Å². The lowest BCUT2D eigenvalue weighted by Gasteiger charge is -2.04. The van der Waals surface area contributed by atoms with Gasteiger partial charge in [0.15, 0.2) is 5.78 Å². The number of halogens is 2. The van der Waals surface area contributed by atoms with Crippen molar-refractivity contribution in [2.75, 3.05) is 12.0 Å². The van der Waals surface area contributed by atoms with Crippen LogP contribution in [0.15, 0.2) is 22.7 Å². The van der Waals surface area contributed by atoms with Crippen LogP contribution < -0.4 is 0 Å². The fourth-order valence-corrected chi connectivity index (χ4v) is 2.29. The lowest BCUT2D eigenvalue weighted by Crippen LogP contribution is -2.11. The molecule has 0 heterocycles.